The van der Waals surface area contributed by atoms with Crippen molar-refractivity contribution in [2.24, 2.45) is 0 Å². The number of aryl methyl sites for hydroxylation is 1. The molecular formula is C11H20N2. The van der Waals surface area contributed by atoms with Gasteiger partial charge in [-0.1, -0.05) is 27.7 Å². The van der Waals surface area contributed by atoms with Gasteiger partial charge in [0.1, 0.15) is 0 Å². The molecule has 0 atom stereocenters. The van der Waals surface area contributed by atoms with Gasteiger partial charge in [0.05, 0.1) is 5.69 Å². The lowest BCUT2D eigenvalue weighted by Gasteiger charge is -2.06. The molecule has 1 aromatic heterocycles. The molecule has 0 spiro atoms. The molecular weight excluding hydrogens is 160 g/mol. The van der Waals surface area contributed by atoms with Crippen molar-refractivity contribution in [1.29, 1.82) is 0 Å². The number of hydrogen-bond acceptors (Lipinski definition) is 1. The molecule has 1 heterocycles. The van der Waals surface area contributed by atoms with Crippen molar-refractivity contribution in [1.82, 2.24) is 9.78 Å². The second-order valence-electron chi connectivity index (χ2n) is 4.13. The fourth-order valence-electron chi connectivity index (χ4n) is 1.51. The molecule has 1 aromatic rings. The zero-order chi connectivity index (χ0) is 10.0. The van der Waals surface area contributed by atoms with Crippen molar-refractivity contribution >= 4 is 0 Å². The maximum Gasteiger partial charge on any atom is 0.0684 e. The molecule has 0 aliphatic rings. The summed E-state index contributed by atoms with van der Waals surface area (Å²) in [5.74, 6) is 1.11. The number of aromatic nitrogens is 2. The molecule has 2 heteroatoms. The van der Waals surface area contributed by atoms with Crippen LogP contribution in [0, 0.1) is 0 Å². The fourth-order valence-corrected chi connectivity index (χ4v) is 1.51. The highest BCUT2D eigenvalue weighted by atomic mass is 15.3. The van der Waals surface area contributed by atoms with Crippen LogP contribution >= 0.6 is 0 Å². The molecule has 74 valence electrons. The molecule has 0 N–H and O–H groups in total. The first-order chi connectivity index (χ1) is 6.06. The van der Waals surface area contributed by atoms with E-state index < -0.39 is 0 Å². The molecule has 0 amide bonds. The van der Waals surface area contributed by atoms with Gasteiger partial charge < -0.3 is 0 Å². The van der Waals surface area contributed by atoms with Crippen LogP contribution < -0.4 is 0 Å². The van der Waals surface area contributed by atoms with E-state index >= 15 is 0 Å². The Bertz CT molecular complexity index is 246. The highest BCUT2D eigenvalue weighted by Crippen LogP contribution is 2.24. The molecule has 1 rings (SSSR count). The number of nitrogens with zero attached hydrogens (tertiary/aromatic N) is 2. The molecule has 13 heavy (non-hydrogen) atoms. The van der Waals surface area contributed by atoms with E-state index in [0.717, 1.165) is 6.54 Å². The average molecular weight is 180 g/mol. The predicted molar refractivity (Wildman–Crippen MR) is 56.1 cm³/mol. The summed E-state index contributed by atoms with van der Waals surface area (Å²) >= 11 is 0. The summed E-state index contributed by atoms with van der Waals surface area (Å²) in [5.41, 5.74) is 2.66. The van der Waals surface area contributed by atoms with Crippen LogP contribution in [0.25, 0.3) is 0 Å². The van der Waals surface area contributed by atoms with Gasteiger partial charge in [0, 0.05) is 12.7 Å². The monoisotopic (exact) mass is 180 g/mol. The maximum absolute atomic E-state index is 4.57. The second-order valence-corrected chi connectivity index (χ2v) is 4.13. The van der Waals surface area contributed by atoms with Gasteiger partial charge in [-0.3, -0.25) is 4.68 Å². The normalized spacial score (nSPS) is 11.6. The Kier molecular flexibility index (Phi) is 3.12. The van der Waals surface area contributed by atoms with Gasteiger partial charge in [-0.05, 0) is 24.3 Å². The van der Waals surface area contributed by atoms with E-state index in [4.69, 9.17) is 0 Å². The van der Waals surface area contributed by atoms with Crippen LogP contribution in [0.3, 0.4) is 0 Å². The highest BCUT2D eigenvalue weighted by Gasteiger charge is 2.13. The lowest BCUT2D eigenvalue weighted by atomic mass is 9.98. The summed E-state index contributed by atoms with van der Waals surface area (Å²) in [6.45, 7) is 11.9. The van der Waals surface area contributed by atoms with Crippen molar-refractivity contribution in [2.75, 3.05) is 0 Å². The minimum absolute atomic E-state index is 0.533. The topological polar surface area (TPSA) is 17.8 Å². The molecule has 0 aliphatic carbocycles. The van der Waals surface area contributed by atoms with Gasteiger partial charge in [0.15, 0.2) is 0 Å². The van der Waals surface area contributed by atoms with Crippen LogP contribution in [0.15, 0.2) is 6.20 Å². The molecule has 2 nitrogen and oxygen atoms in total. The zero-order valence-electron chi connectivity index (χ0n) is 9.33. The van der Waals surface area contributed by atoms with E-state index in [1.54, 1.807) is 0 Å². The third-order valence-corrected chi connectivity index (χ3v) is 2.31. The Labute approximate surface area is 81.0 Å². The summed E-state index contributed by atoms with van der Waals surface area (Å²) in [4.78, 5) is 0. The number of hydrogen-bond donors (Lipinski definition) is 0. The fraction of sp³-hybridized carbons (Fsp3) is 0.727. The maximum atomic E-state index is 4.57. The standard InChI is InChI=1S/C11H20N2/c1-6-13-7-10(8(2)3)11(12-13)9(4)5/h7-9H,6H2,1-5H3. The molecule has 0 fully saturated rings. The summed E-state index contributed by atoms with van der Waals surface area (Å²) in [7, 11) is 0. The van der Waals surface area contributed by atoms with E-state index in [1.807, 2.05) is 4.68 Å². The average Bonchev–Trinajstić information content (AvgIpc) is 2.47. The van der Waals surface area contributed by atoms with Crippen molar-refractivity contribution in [2.45, 2.75) is 53.0 Å². The first-order valence-corrected chi connectivity index (χ1v) is 5.13. The minimum atomic E-state index is 0.533. The Morgan fingerprint density at radius 3 is 2.15 bits per heavy atom. The van der Waals surface area contributed by atoms with Gasteiger partial charge in [-0.15, -0.1) is 0 Å². The van der Waals surface area contributed by atoms with Crippen LogP contribution in [-0.2, 0) is 6.54 Å². The molecule has 0 aromatic carbocycles. The van der Waals surface area contributed by atoms with Gasteiger partial charge in [-0.2, -0.15) is 5.10 Å². The van der Waals surface area contributed by atoms with Crippen molar-refractivity contribution in [3.8, 4) is 0 Å². The quantitative estimate of drug-likeness (QED) is 0.698. The summed E-state index contributed by atoms with van der Waals surface area (Å²) in [6.07, 6.45) is 2.18. The summed E-state index contributed by atoms with van der Waals surface area (Å²) in [5, 5.41) is 4.57. The van der Waals surface area contributed by atoms with Crippen LogP contribution in [-0.4, -0.2) is 9.78 Å². The minimum Gasteiger partial charge on any atom is -0.272 e. The lowest BCUT2D eigenvalue weighted by molar-refractivity contribution is 0.635. The molecule has 0 saturated carbocycles. The first kappa shape index (κ1) is 10.3. The third-order valence-electron chi connectivity index (χ3n) is 2.31. The molecule has 0 saturated heterocycles. The SMILES string of the molecule is CCn1cc(C(C)C)c(C(C)C)n1. The van der Waals surface area contributed by atoms with Crippen LogP contribution in [0.2, 0.25) is 0 Å². The van der Waals surface area contributed by atoms with E-state index in [0.29, 0.717) is 11.8 Å². The van der Waals surface area contributed by atoms with E-state index in [2.05, 4.69) is 45.9 Å². The zero-order valence-corrected chi connectivity index (χ0v) is 9.33. The molecule has 0 bridgehead atoms. The van der Waals surface area contributed by atoms with Gasteiger partial charge in [0.25, 0.3) is 0 Å². The van der Waals surface area contributed by atoms with E-state index in [-0.39, 0.29) is 0 Å². The Hall–Kier alpha value is -0.790. The molecule has 0 aliphatic heterocycles. The van der Waals surface area contributed by atoms with Crippen molar-refractivity contribution in [3.63, 3.8) is 0 Å². The van der Waals surface area contributed by atoms with Crippen LogP contribution in [0.5, 0.6) is 0 Å². The third kappa shape index (κ3) is 2.11. The van der Waals surface area contributed by atoms with E-state index in [9.17, 15) is 0 Å². The van der Waals surface area contributed by atoms with Crippen molar-refractivity contribution in [3.05, 3.63) is 17.5 Å². The van der Waals surface area contributed by atoms with Crippen molar-refractivity contribution < 1.29 is 0 Å². The number of rotatable bonds is 3. The Balaban J connectivity index is 3.08. The smallest absolute Gasteiger partial charge is 0.0684 e. The van der Waals surface area contributed by atoms with Crippen LogP contribution in [0.1, 0.15) is 57.7 Å². The summed E-state index contributed by atoms with van der Waals surface area (Å²) < 4.78 is 2.03. The predicted octanol–water partition coefficient (Wildman–Crippen LogP) is 3.15. The van der Waals surface area contributed by atoms with Gasteiger partial charge >= 0.3 is 0 Å². The molecule has 0 radical (unpaired) electrons. The second kappa shape index (κ2) is 3.95. The Morgan fingerprint density at radius 1 is 1.23 bits per heavy atom. The lowest BCUT2D eigenvalue weighted by Crippen LogP contribution is -1.97. The first-order valence-electron chi connectivity index (χ1n) is 5.13. The van der Waals surface area contributed by atoms with Crippen LogP contribution in [0.4, 0.5) is 0 Å². The van der Waals surface area contributed by atoms with Gasteiger partial charge in [-0.25, -0.2) is 0 Å². The summed E-state index contributed by atoms with van der Waals surface area (Å²) in [6, 6.07) is 0. The van der Waals surface area contributed by atoms with Gasteiger partial charge in [0.2, 0.25) is 0 Å². The molecule has 0 unspecified atom stereocenters. The highest BCUT2D eigenvalue weighted by molar-refractivity contribution is 5.23. The largest absolute Gasteiger partial charge is 0.272 e. The van der Waals surface area contributed by atoms with E-state index in [1.165, 1.54) is 11.3 Å². The Morgan fingerprint density at radius 2 is 1.85 bits per heavy atom.